The summed E-state index contributed by atoms with van der Waals surface area (Å²) in [6.07, 6.45) is 0. The van der Waals surface area contributed by atoms with Gasteiger partial charge in [0.1, 0.15) is 5.82 Å². The molecule has 0 saturated carbocycles. The second kappa shape index (κ2) is 5.55. The van der Waals surface area contributed by atoms with Crippen LogP contribution in [0.4, 0.5) is 10.1 Å². The molecule has 1 aliphatic rings. The molecule has 0 radical (unpaired) electrons. The van der Waals surface area contributed by atoms with E-state index in [1.54, 1.807) is 6.07 Å². The molecule has 3 rings (SSSR count). The van der Waals surface area contributed by atoms with Crippen LogP contribution in [-0.2, 0) is 0 Å². The molecule has 0 saturated heterocycles. The van der Waals surface area contributed by atoms with Crippen LogP contribution in [0.25, 0.3) is 0 Å². The lowest BCUT2D eigenvalue weighted by atomic mass is 10.0. The highest BCUT2D eigenvalue weighted by molar-refractivity contribution is 9.10. The van der Waals surface area contributed by atoms with Crippen molar-refractivity contribution in [3.05, 3.63) is 58.3 Å². The number of nitrogens with one attached hydrogen (secondary N) is 1. The van der Waals surface area contributed by atoms with Crippen molar-refractivity contribution in [2.45, 2.75) is 10.8 Å². The summed E-state index contributed by atoms with van der Waals surface area (Å²) in [5, 5.41) is 3.32. The van der Waals surface area contributed by atoms with Gasteiger partial charge in [-0.2, -0.15) is 0 Å². The standard InChI is InChI=1S/C15H13BrFNS/c16-13-6-5-11(7-14(13)17)18-8-10-9-19-15-4-2-1-3-12(10)15/h1-7,10,18H,8-9H2. The van der Waals surface area contributed by atoms with Crippen LogP contribution in [0.1, 0.15) is 11.5 Å². The number of anilines is 1. The van der Waals surface area contributed by atoms with Crippen LogP contribution in [0.5, 0.6) is 0 Å². The molecule has 2 aromatic carbocycles. The first kappa shape index (κ1) is 13.0. The highest BCUT2D eigenvalue weighted by atomic mass is 79.9. The summed E-state index contributed by atoms with van der Waals surface area (Å²) in [5.41, 5.74) is 2.23. The number of hydrogen-bond acceptors (Lipinski definition) is 2. The van der Waals surface area contributed by atoms with Gasteiger partial charge >= 0.3 is 0 Å². The third-order valence-corrected chi connectivity index (χ3v) is 5.17. The van der Waals surface area contributed by atoms with Gasteiger partial charge in [0.2, 0.25) is 0 Å². The molecule has 0 spiro atoms. The minimum atomic E-state index is -0.230. The summed E-state index contributed by atoms with van der Waals surface area (Å²) < 4.78 is 13.9. The Morgan fingerprint density at radius 2 is 2.11 bits per heavy atom. The van der Waals surface area contributed by atoms with Gasteiger partial charge in [0.25, 0.3) is 0 Å². The molecular formula is C15H13BrFNS. The van der Waals surface area contributed by atoms with E-state index in [0.717, 1.165) is 18.0 Å². The number of fused-ring (bicyclic) bond motifs is 1. The molecule has 4 heteroatoms. The van der Waals surface area contributed by atoms with Gasteiger partial charge in [0, 0.05) is 28.8 Å². The fraction of sp³-hybridized carbons (Fsp3) is 0.200. The van der Waals surface area contributed by atoms with Crippen molar-refractivity contribution in [1.82, 2.24) is 0 Å². The molecule has 0 aliphatic carbocycles. The number of hydrogen-bond donors (Lipinski definition) is 1. The van der Waals surface area contributed by atoms with Crippen molar-refractivity contribution in [3.63, 3.8) is 0 Å². The van der Waals surface area contributed by atoms with Crippen LogP contribution < -0.4 is 5.32 Å². The Kier molecular flexibility index (Phi) is 3.80. The molecule has 1 unspecified atom stereocenters. The number of benzene rings is 2. The van der Waals surface area contributed by atoms with Gasteiger partial charge in [-0.05, 0) is 45.8 Å². The minimum absolute atomic E-state index is 0.230. The normalized spacial score (nSPS) is 17.3. The Morgan fingerprint density at radius 1 is 1.26 bits per heavy atom. The average Bonchev–Trinajstić information content (AvgIpc) is 2.83. The molecule has 0 fully saturated rings. The first-order chi connectivity index (χ1) is 9.24. The first-order valence-corrected chi connectivity index (χ1v) is 7.92. The predicted molar refractivity (Wildman–Crippen MR) is 82.5 cm³/mol. The molecule has 1 aliphatic heterocycles. The van der Waals surface area contributed by atoms with E-state index < -0.39 is 0 Å². The summed E-state index contributed by atoms with van der Waals surface area (Å²) in [6.45, 7) is 0.838. The van der Waals surface area contributed by atoms with E-state index in [4.69, 9.17) is 0 Å². The lowest BCUT2D eigenvalue weighted by Gasteiger charge is -2.13. The molecule has 0 bridgehead atoms. The molecule has 98 valence electrons. The van der Waals surface area contributed by atoms with Crippen LogP contribution >= 0.6 is 27.7 Å². The highest BCUT2D eigenvalue weighted by Gasteiger charge is 2.22. The Hall–Kier alpha value is -1.00. The van der Waals surface area contributed by atoms with Crippen LogP contribution in [0, 0.1) is 5.82 Å². The highest BCUT2D eigenvalue weighted by Crippen LogP contribution is 2.39. The van der Waals surface area contributed by atoms with Crippen LogP contribution in [0.2, 0.25) is 0 Å². The van der Waals surface area contributed by atoms with Crippen LogP contribution in [0.3, 0.4) is 0 Å². The lowest BCUT2D eigenvalue weighted by molar-refractivity contribution is 0.621. The fourth-order valence-electron chi connectivity index (χ4n) is 2.25. The largest absolute Gasteiger partial charge is 0.384 e. The van der Waals surface area contributed by atoms with Crippen LogP contribution in [-0.4, -0.2) is 12.3 Å². The van der Waals surface area contributed by atoms with Crippen molar-refractivity contribution >= 4 is 33.4 Å². The van der Waals surface area contributed by atoms with E-state index in [-0.39, 0.29) is 5.82 Å². The van der Waals surface area contributed by atoms with E-state index in [1.165, 1.54) is 16.5 Å². The molecule has 1 nitrogen and oxygen atoms in total. The summed E-state index contributed by atoms with van der Waals surface area (Å²) in [6, 6.07) is 13.7. The maximum atomic E-state index is 13.4. The first-order valence-electron chi connectivity index (χ1n) is 6.14. The van der Waals surface area contributed by atoms with Gasteiger partial charge in [-0.15, -0.1) is 11.8 Å². The maximum absolute atomic E-state index is 13.4. The number of thioether (sulfide) groups is 1. The van der Waals surface area contributed by atoms with Crippen molar-refractivity contribution < 1.29 is 4.39 Å². The Balaban J connectivity index is 1.69. The lowest BCUT2D eigenvalue weighted by Crippen LogP contribution is -2.12. The van der Waals surface area contributed by atoms with E-state index >= 15 is 0 Å². The maximum Gasteiger partial charge on any atom is 0.139 e. The number of rotatable bonds is 3. The van der Waals surface area contributed by atoms with Crippen molar-refractivity contribution in [1.29, 1.82) is 0 Å². The van der Waals surface area contributed by atoms with Gasteiger partial charge in [-0.1, -0.05) is 18.2 Å². The van der Waals surface area contributed by atoms with Gasteiger partial charge in [0.05, 0.1) is 4.47 Å². The van der Waals surface area contributed by atoms with Gasteiger partial charge in [-0.25, -0.2) is 4.39 Å². The summed E-state index contributed by atoms with van der Waals surface area (Å²) in [7, 11) is 0. The summed E-state index contributed by atoms with van der Waals surface area (Å²) in [5.74, 6) is 1.35. The third kappa shape index (κ3) is 2.79. The number of halogens is 2. The Morgan fingerprint density at radius 3 is 2.95 bits per heavy atom. The quantitative estimate of drug-likeness (QED) is 0.855. The molecular weight excluding hydrogens is 325 g/mol. The molecule has 2 aromatic rings. The molecule has 1 heterocycles. The monoisotopic (exact) mass is 337 g/mol. The molecule has 0 aromatic heterocycles. The van der Waals surface area contributed by atoms with Gasteiger partial charge in [0.15, 0.2) is 0 Å². The van der Waals surface area contributed by atoms with E-state index in [9.17, 15) is 4.39 Å². The fourth-order valence-corrected chi connectivity index (χ4v) is 3.75. The van der Waals surface area contributed by atoms with E-state index in [2.05, 4.69) is 45.5 Å². The van der Waals surface area contributed by atoms with Crippen molar-refractivity contribution in [3.8, 4) is 0 Å². The van der Waals surface area contributed by atoms with Gasteiger partial charge < -0.3 is 5.32 Å². The third-order valence-electron chi connectivity index (χ3n) is 3.27. The average molecular weight is 338 g/mol. The second-order valence-corrected chi connectivity index (χ2v) is 6.47. The zero-order valence-corrected chi connectivity index (χ0v) is 12.6. The second-order valence-electron chi connectivity index (χ2n) is 4.56. The molecule has 0 amide bonds. The Bertz CT molecular complexity index is 602. The molecule has 19 heavy (non-hydrogen) atoms. The zero-order valence-electron chi connectivity index (χ0n) is 10.2. The van der Waals surface area contributed by atoms with E-state index in [1.807, 2.05) is 17.8 Å². The smallest absolute Gasteiger partial charge is 0.139 e. The van der Waals surface area contributed by atoms with Crippen molar-refractivity contribution in [2.24, 2.45) is 0 Å². The zero-order chi connectivity index (χ0) is 13.2. The topological polar surface area (TPSA) is 12.0 Å². The van der Waals surface area contributed by atoms with Crippen LogP contribution in [0.15, 0.2) is 51.8 Å². The predicted octanol–water partition coefficient (Wildman–Crippen LogP) is 4.89. The molecule has 1 N–H and O–H groups in total. The SMILES string of the molecule is Fc1cc(NCC2CSc3ccccc32)ccc1Br. The van der Waals surface area contributed by atoms with E-state index in [0.29, 0.717) is 10.4 Å². The summed E-state index contributed by atoms with van der Waals surface area (Å²) in [4.78, 5) is 1.37. The molecule has 1 atom stereocenters. The minimum Gasteiger partial charge on any atom is -0.384 e. The Labute approximate surface area is 124 Å². The van der Waals surface area contributed by atoms with Crippen molar-refractivity contribution in [2.75, 3.05) is 17.6 Å². The van der Waals surface area contributed by atoms with Gasteiger partial charge in [-0.3, -0.25) is 0 Å². The summed E-state index contributed by atoms with van der Waals surface area (Å²) >= 11 is 5.06.